The van der Waals surface area contributed by atoms with Crippen molar-refractivity contribution in [3.05, 3.63) is 119 Å². The summed E-state index contributed by atoms with van der Waals surface area (Å²) in [5.74, 6) is -0.289. The molecule has 2 aliphatic rings. The topological polar surface area (TPSA) is 152 Å². The fraction of sp³-hybridized carbons (Fsp3) is 0.426. The number of ether oxygens (including phenoxy) is 3. The van der Waals surface area contributed by atoms with Crippen molar-refractivity contribution in [2.24, 2.45) is 0 Å². The van der Waals surface area contributed by atoms with Gasteiger partial charge in [0.1, 0.15) is 11.6 Å². The van der Waals surface area contributed by atoms with Gasteiger partial charge >= 0.3 is 5.97 Å². The minimum absolute atomic E-state index is 0.0187. The Balaban J connectivity index is 1.03. The van der Waals surface area contributed by atoms with E-state index in [9.17, 15) is 19.5 Å². The number of nitrogens with two attached hydrogens (primary N) is 1. The molecule has 0 aromatic heterocycles. The van der Waals surface area contributed by atoms with Crippen molar-refractivity contribution in [2.75, 3.05) is 24.1 Å². The van der Waals surface area contributed by atoms with Crippen LogP contribution in [0.5, 0.6) is 0 Å². The molecule has 4 aromatic carbocycles. The summed E-state index contributed by atoms with van der Waals surface area (Å²) >= 11 is 0. The number of rotatable bonds is 16. The van der Waals surface area contributed by atoms with Crippen LogP contribution in [0.3, 0.4) is 0 Å². The van der Waals surface area contributed by atoms with Gasteiger partial charge in [0, 0.05) is 37.9 Å². The molecule has 0 aliphatic carbocycles. The van der Waals surface area contributed by atoms with Gasteiger partial charge in [-0.2, -0.15) is 0 Å². The highest BCUT2D eigenvalue weighted by molar-refractivity contribution is 5.93. The lowest BCUT2D eigenvalue weighted by atomic mass is 9.98. The summed E-state index contributed by atoms with van der Waals surface area (Å²) in [7, 11) is 0. The number of aliphatic hydroxyl groups is 1. The molecule has 11 nitrogen and oxygen atoms in total. The minimum Gasteiger partial charge on any atom is -0.459 e. The van der Waals surface area contributed by atoms with E-state index in [4.69, 9.17) is 19.9 Å². The van der Waals surface area contributed by atoms with Crippen LogP contribution in [0.4, 0.5) is 11.4 Å². The first-order valence-corrected chi connectivity index (χ1v) is 20.5. The van der Waals surface area contributed by atoms with E-state index in [0.717, 1.165) is 59.2 Å². The van der Waals surface area contributed by atoms with E-state index in [0.29, 0.717) is 56.6 Å². The summed E-state index contributed by atoms with van der Waals surface area (Å²) in [4.78, 5) is 40.2. The summed E-state index contributed by atoms with van der Waals surface area (Å²) in [5, 5.41) is 15.5. The van der Waals surface area contributed by atoms with E-state index in [1.54, 1.807) is 12.1 Å². The molecule has 2 fully saturated rings. The molecule has 5 N–H and O–H groups in total. The number of nitrogens with one attached hydrogen (secondary N) is 2. The fourth-order valence-corrected chi connectivity index (χ4v) is 7.53. The number of carbonyl (C=O) groups is 3. The van der Waals surface area contributed by atoms with Crippen molar-refractivity contribution in [3.63, 3.8) is 0 Å². The standard InChI is InChI=1S/C47H58N4O7/c1-47(2,3)58-45(55)41-15-10-26-51(41)30-38-28-42(35-20-18-32(31-52)19-21-35)57-46(56-38)36-24-22-34(23-25-36)37-12-9-11-33(27-37)29-49-43(53)16-5-4-6-17-44(54)50-40-14-8-7-13-39(40)48/h7-9,11-14,18-25,27,38,41-42,46,52H,4-6,10,15-17,26,28-31,48H2,1-3H3,(H,49,53)(H,50,54). The van der Waals surface area contributed by atoms with Crippen LogP contribution < -0.4 is 16.4 Å². The Bertz CT molecular complexity index is 1980. The number of nitrogens with zero attached hydrogens (tertiary/aromatic N) is 1. The predicted octanol–water partition coefficient (Wildman–Crippen LogP) is 7.99. The number of likely N-dealkylation sites (tertiary alicyclic amines) is 1. The van der Waals surface area contributed by atoms with Gasteiger partial charge in [0.25, 0.3) is 0 Å². The number of nitrogen functional groups attached to an aromatic ring is 1. The van der Waals surface area contributed by atoms with Gasteiger partial charge in [-0.25, -0.2) is 0 Å². The number of carbonyl (C=O) groups excluding carboxylic acids is 3. The molecule has 2 aliphatic heterocycles. The summed E-state index contributed by atoms with van der Waals surface area (Å²) in [6.07, 6.45) is 4.21. The Labute approximate surface area is 342 Å². The molecule has 0 spiro atoms. The van der Waals surface area contributed by atoms with Crippen molar-refractivity contribution < 1.29 is 33.7 Å². The van der Waals surface area contributed by atoms with Gasteiger partial charge < -0.3 is 35.7 Å². The van der Waals surface area contributed by atoms with Crippen LogP contribution in [-0.2, 0) is 41.7 Å². The first kappa shape index (κ1) is 42.5. The van der Waals surface area contributed by atoms with Crippen LogP contribution in [0.15, 0.2) is 97.1 Å². The van der Waals surface area contributed by atoms with E-state index in [2.05, 4.69) is 39.8 Å². The second kappa shape index (κ2) is 20.1. The normalized spacial score (nSPS) is 19.7. The van der Waals surface area contributed by atoms with Gasteiger partial charge in [-0.05, 0) is 99.0 Å². The monoisotopic (exact) mass is 790 g/mol. The first-order chi connectivity index (χ1) is 27.9. The number of unbranched alkanes of at least 4 members (excludes halogenated alkanes) is 2. The number of benzene rings is 4. The lowest BCUT2D eigenvalue weighted by Crippen LogP contribution is -2.45. The van der Waals surface area contributed by atoms with Crippen molar-refractivity contribution in [1.82, 2.24) is 10.2 Å². The van der Waals surface area contributed by atoms with E-state index in [1.165, 1.54) is 0 Å². The van der Waals surface area contributed by atoms with Gasteiger partial charge in [0.05, 0.1) is 30.2 Å². The second-order valence-corrected chi connectivity index (χ2v) is 16.3. The number of amides is 2. The Morgan fingerprint density at radius 2 is 1.55 bits per heavy atom. The summed E-state index contributed by atoms with van der Waals surface area (Å²) in [5.41, 5.74) is 12.3. The maximum Gasteiger partial charge on any atom is 0.323 e. The van der Waals surface area contributed by atoms with E-state index < -0.39 is 11.9 Å². The average Bonchev–Trinajstić information content (AvgIpc) is 3.68. The van der Waals surface area contributed by atoms with E-state index >= 15 is 0 Å². The number of para-hydroxylation sites is 2. The van der Waals surface area contributed by atoms with Gasteiger partial charge in [-0.15, -0.1) is 0 Å². The number of hydrogen-bond acceptors (Lipinski definition) is 9. The van der Waals surface area contributed by atoms with Crippen molar-refractivity contribution >= 4 is 29.2 Å². The zero-order valence-electron chi connectivity index (χ0n) is 34.0. The molecule has 0 saturated carbocycles. The molecule has 6 rings (SSSR count). The van der Waals surface area contributed by atoms with Gasteiger partial charge in [0.15, 0.2) is 6.29 Å². The summed E-state index contributed by atoms with van der Waals surface area (Å²) in [6.45, 7) is 7.47. The van der Waals surface area contributed by atoms with E-state index in [-0.39, 0.29) is 42.6 Å². The third-order valence-corrected chi connectivity index (χ3v) is 10.6. The highest BCUT2D eigenvalue weighted by Crippen LogP contribution is 2.39. The zero-order chi connectivity index (χ0) is 41.1. The molecule has 4 unspecified atom stereocenters. The minimum atomic E-state index is -0.620. The van der Waals surface area contributed by atoms with Crippen LogP contribution >= 0.6 is 0 Å². The molecule has 308 valence electrons. The molecule has 11 heteroatoms. The maximum atomic E-state index is 13.1. The number of hydrogen-bond donors (Lipinski definition) is 4. The lowest BCUT2D eigenvalue weighted by molar-refractivity contribution is -0.253. The molecule has 2 amide bonds. The highest BCUT2D eigenvalue weighted by atomic mass is 16.7. The van der Waals surface area contributed by atoms with Crippen LogP contribution in [-0.4, -0.2) is 58.6 Å². The Morgan fingerprint density at radius 1 is 0.828 bits per heavy atom. The van der Waals surface area contributed by atoms with Crippen LogP contribution in [0, 0.1) is 0 Å². The Morgan fingerprint density at radius 3 is 2.28 bits per heavy atom. The van der Waals surface area contributed by atoms with Gasteiger partial charge in [-0.1, -0.05) is 85.3 Å². The lowest BCUT2D eigenvalue weighted by Gasteiger charge is -2.38. The number of anilines is 2. The molecular formula is C47H58N4O7. The SMILES string of the molecule is CC(C)(C)OC(=O)C1CCCN1CC1CC(c2ccc(CO)cc2)OC(c2ccc(-c3cccc(CNC(=O)CCCCCC(=O)Nc4ccccc4N)c3)cc2)O1. The molecule has 2 saturated heterocycles. The summed E-state index contributed by atoms with van der Waals surface area (Å²) in [6, 6.07) is 31.0. The van der Waals surface area contributed by atoms with Gasteiger partial charge in [-0.3, -0.25) is 19.3 Å². The maximum absolute atomic E-state index is 13.1. The molecule has 0 bridgehead atoms. The number of esters is 1. The van der Waals surface area contributed by atoms with Gasteiger partial charge in [0.2, 0.25) is 11.8 Å². The average molecular weight is 791 g/mol. The Kier molecular flexibility index (Phi) is 14.7. The molecular weight excluding hydrogens is 733 g/mol. The largest absolute Gasteiger partial charge is 0.459 e. The second-order valence-electron chi connectivity index (χ2n) is 16.3. The van der Waals surface area contributed by atoms with Crippen LogP contribution in [0.2, 0.25) is 0 Å². The van der Waals surface area contributed by atoms with Crippen molar-refractivity contribution in [1.29, 1.82) is 0 Å². The van der Waals surface area contributed by atoms with Crippen molar-refractivity contribution in [3.8, 4) is 11.1 Å². The van der Waals surface area contributed by atoms with Crippen LogP contribution in [0.1, 0.15) is 107 Å². The third kappa shape index (κ3) is 12.2. The molecule has 4 aromatic rings. The third-order valence-electron chi connectivity index (χ3n) is 10.6. The fourth-order valence-electron chi connectivity index (χ4n) is 7.53. The molecule has 2 heterocycles. The summed E-state index contributed by atoms with van der Waals surface area (Å²) < 4.78 is 19.0. The predicted molar refractivity (Wildman–Crippen MR) is 225 cm³/mol. The molecule has 0 radical (unpaired) electrons. The smallest absolute Gasteiger partial charge is 0.323 e. The molecule has 4 atom stereocenters. The highest BCUT2D eigenvalue weighted by Gasteiger charge is 2.39. The Hall–Kier alpha value is -5.07. The van der Waals surface area contributed by atoms with Crippen molar-refractivity contribution in [2.45, 2.75) is 115 Å². The molecule has 58 heavy (non-hydrogen) atoms. The van der Waals surface area contributed by atoms with E-state index in [1.807, 2.05) is 81.4 Å². The zero-order valence-corrected chi connectivity index (χ0v) is 34.0. The quantitative estimate of drug-likeness (QED) is 0.0503. The first-order valence-electron chi connectivity index (χ1n) is 20.5. The number of aliphatic hydroxyl groups excluding tert-OH is 1. The van der Waals surface area contributed by atoms with Crippen LogP contribution in [0.25, 0.3) is 11.1 Å².